The van der Waals surface area contributed by atoms with E-state index >= 15 is 0 Å². The second-order valence-electron chi connectivity index (χ2n) is 7.12. The molecule has 0 N–H and O–H groups in total. The summed E-state index contributed by atoms with van der Waals surface area (Å²) < 4.78 is 11.4. The number of amides is 1. The van der Waals surface area contributed by atoms with Gasteiger partial charge in [-0.3, -0.25) is 4.79 Å². The zero-order valence-corrected chi connectivity index (χ0v) is 19.0. The molecule has 1 heterocycles. The van der Waals surface area contributed by atoms with Crippen LogP contribution in [0.2, 0.25) is 10.0 Å². The molecule has 0 aromatic heterocycles. The highest BCUT2D eigenvalue weighted by molar-refractivity contribution is 6.35. The third-order valence-corrected chi connectivity index (χ3v) is 5.57. The monoisotopic (exact) mass is 466 g/mol. The summed E-state index contributed by atoms with van der Waals surface area (Å²) in [7, 11) is 1.59. The van der Waals surface area contributed by atoms with E-state index in [0.29, 0.717) is 44.1 Å². The lowest BCUT2D eigenvalue weighted by molar-refractivity contribution is -0.114. The van der Waals surface area contributed by atoms with Crippen LogP contribution in [0.3, 0.4) is 0 Å². The quantitative estimate of drug-likeness (QED) is 0.395. The van der Waals surface area contributed by atoms with Crippen molar-refractivity contribution in [3.8, 4) is 11.5 Å². The van der Waals surface area contributed by atoms with Gasteiger partial charge in [0.15, 0.2) is 0 Å². The number of rotatable bonds is 6. The summed E-state index contributed by atoms with van der Waals surface area (Å²) >= 11 is 12.2. The molecule has 4 rings (SSSR count). The first-order valence-corrected chi connectivity index (χ1v) is 10.6. The lowest BCUT2D eigenvalue weighted by atomic mass is 10.1. The van der Waals surface area contributed by atoms with Crippen LogP contribution in [0.25, 0.3) is 6.08 Å². The van der Waals surface area contributed by atoms with Crippen LogP contribution in [0.15, 0.2) is 77.4 Å². The van der Waals surface area contributed by atoms with Crippen molar-refractivity contribution in [3.63, 3.8) is 0 Å². The van der Waals surface area contributed by atoms with Crippen molar-refractivity contribution in [1.29, 1.82) is 0 Å². The van der Waals surface area contributed by atoms with Gasteiger partial charge in [0.2, 0.25) is 0 Å². The van der Waals surface area contributed by atoms with Crippen LogP contribution >= 0.6 is 23.2 Å². The number of carbonyl (C=O) groups is 1. The Labute approximate surface area is 196 Å². The third-order valence-electron chi connectivity index (χ3n) is 4.98. The van der Waals surface area contributed by atoms with Gasteiger partial charge in [0, 0.05) is 21.2 Å². The molecule has 1 amide bonds. The number of para-hydroxylation sites is 1. The summed E-state index contributed by atoms with van der Waals surface area (Å²) in [5.41, 5.74) is 3.31. The molecule has 1 aliphatic heterocycles. The molecule has 3 aromatic rings. The first kappa shape index (κ1) is 21.9. The Morgan fingerprint density at radius 2 is 1.81 bits per heavy atom. The van der Waals surface area contributed by atoms with E-state index < -0.39 is 0 Å². The number of benzene rings is 3. The fourth-order valence-electron chi connectivity index (χ4n) is 3.28. The summed E-state index contributed by atoms with van der Waals surface area (Å²) in [4.78, 5) is 13.1. The lowest BCUT2D eigenvalue weighted by Gasteiger charge is -2.13. The summed E-state index contributed by atoms with van der Waals surface area (Å²) in [6, 6.07) is 20.0. The fraction of sp³-hybridized carbons (Fsp3) is 0.120. The van der Waals surface area contributed by atoms with Gasteiger partial charge < -0.3 is 9.47 Å². The average molecular weight is 467 g/mol. The number of hydrogen-bond donors (Lipinski definition) is 0. The Morgan fingerprint density at radius 3 is 2.53 bits per heavy atom. The Kier molecular flexibility index (Phi) is 6.49. The number of nitrogens with zero attached hydrogens (tertiary/aromatic N) is 2. The fourth-order valence-corrected chi connectivity index (χ4v) is 3.74. The molecular weight excluding hydrogens is 447 g/mol. The second-order valence-corrected chi connectivity index (χ2v) is 7.97. The number of anilines is 1. The molecule has 0 saturated heterocycles. The molecule has 0 fully saturated rings. The minimum atomic E-state index is -0.205. The molecule has 1 aliphatic rings. The van der Waals surface area contributed by atoms with Crippen LogP contribution in [-0.2, 0) is 11.4 Å². The second kappa shape index (κ2) is 9.47. The van der Waals surface area contributed by atoms with Crippen LogP contribution in [0.5, 0.6) is 11.5 Å². The molecule has 0 spiro atoms. The minimum Gasteiger partial charge on any atom is -0.497 e. The molecule has 0 bridgehead atoms. The van der Waals surface area contributed by atoms with Gasteiger partial charge in [0.25, 0.3) is 5.91 Å². The third kappa shape index (κ3) is 4.64. The molecule has 7 heteroatoms. The summed E-state index contributed by atoms with van der Waals surface area (Å²) in [6.07, 6.45) is 1.77. The van der Waals surface area contributed by atoms with E-state index in [4.69, 9.17) is 32.7 Å². The normalized spacial score (nSPS) is 14.6. The Morgan fingerprint density at radius 1 is 1.03 bits per heavy atom. The Bertz CT molecular complexity index is 1220. The molecule has 162 valence electrons. The molecule has 5 nitrogen and oxygen atoms in total. The van der Waals surface area contributed by atoms with Crippen LogP contribution in [0.1, 0.15) is 18.1 Å². The van der Waals surface area contributed by atoms with Crippen molar-refractivity contribution in [3.05, 3.63) is 93.5 Å². The van der Waals surface area contributed by atoms with E-state index in [9.17, 15) is 4.79 Å². The first-order chi connectivity index (χ1) is 15.5. The summed E-state index contributed by atoms with van der Waals surface area (Å²) in [6.45, 7) is 2.05. The van der Waals surface area contributed by atoms with Gasteiger partial charge in [0.1, 0.15) is 18.1 Å². The highest BCUT2D eigenvalue weighted by Gasteiger charge is 2.29. The molecule has 0 atom stereocenters. The van der Waals surface area contributed by atoms with Crippen LogP contribution < -0.4 is 14.5 Å². The summed E-state index contributed by atoms with van der Waals surface area (Å²) in [5, 5.41) is 6.92. The van der Waals surface area contributed by atoms with Crippen LogP contribution in [0.4, 0.5) is 5.69 Å². The minimum absolute atomic E-state index is 0.205. The SMILES string of the molecule is COc1ccc(OCc2ccc(Cl)cc2Cl)c(/C=C2\C(=O)N(c3ccccc3)N=C2C)c1. The van der Waals surface area contributed by atoms with Gasteiger partial charge in [-0.2, -0.15) is 10.1 Å². The van der Waals surface area contributed by atoms with Gasteiger partial charge in [-0.1, -0.05) is 47.5 Å². The standard InChI is InChI=1S/C25H20Cl2N2O3/c1-16-22(25(30)29(28-16)20-6-4-3-5-7-20)13-18-12-21(31-2)10-11-24(18)32-15-17-8-9-19(26)14-23(17)27/h3-14H,15H2,1-2H3/b22-13-. The number of ether oxygens (including phenoxy) is 2. The van der Waals surface area contributed by atoms with E-state index in [-0.39, 0.29) is 12.5 Å². The van der Waals surface area contributed by atoms with Gasteiger partial charge in [-0.05, 0) is 55.5 Å². The van der Waals surface area contributed by atoms with Crippen LogP contribution in [-0.4, -0.2) is 18.7 Å². The lowest BCUT2D eigenvalue weighted by Crippen LogP contribution is -2.21. The summed E-state index contributed by atoms with van der Waals surface area (Å²) in [5.74, 6) is 1.03. The van der Waals surface area contributed by atoms with Crippen molar-refractivity contribution in [1.82, 2.24) is 0 Å². The molecule has 32 heavy (non-hydrogen) atoms. The van der Waals surface area contributed by atoms with E-state index in [1.165, 1.54) is 5.01 Å². The topological polar surface area (TPSA) is 51.1 Å². The maximum absolute atomic E-state index is 13.1. The van der Waals surface area contributed by atoms with E-state index in [1.54, 1.807) is 44.4 Å². The number of carbonyl (C=O) groups excluding carboxylic acids is 1. The Balaban J connectivity index is 1.64. The number of hydrogen-bond acceptors (Lipinski definition) is 4. The first-order valence-electron chi connectivity index (χ1n) is 9.88. The van der Waals surface area contributed by atoms with Crippen LogP contribution in [0, 0.1) is 0 Å². The van der Waals surface area contributed by atoms with Crippen molar-refractivity contribution < 1.29 is 14.3 Å². The van der Waals surface area contributed by atoms with E-state index in [0.717, 1.165) is 5.56 Å². The molecular formula is C25H20Cl2N2O3. The predicted molar refractivity (Wildman–Crippen MR) is 129 cm³/mol. The molecule has 0 aliphatic carbocycles. The van der Waals surface area contributed by atoms with Crippen molar-refractivity contribution in [2.75, 3.05) is 12.1 Å². The van der Waals surface area contributed by atoms with Crippen molar-refractivity contribution >= 4 is 46.6 Å². The van der Waals surface area contributed by atoms with E-state index in [1.807, 2.05) is 42.5 Å². The zero-order valence-electron chi connectivity index (χ0n) is 17.5. The zero-order chi connectivity index (χ0) is 22.7. The molecule has 0 radical (unpaired) electrons. The molecule has 3 aromatic carbocycles. The predicted octanol–water partition coefficient (Wildman–Crippen LogP) is 6.39. The van der Waals surface area contributed by atoms with E-state index in [2.05, 4.69) is 5.10 Å². The molecule has 0 unspecified atom stereocenters. The van der Waals surface area contributed by atoms with Gasteiger partial charge in [0.05, 0.1) is 24.1 Å². The smallest absolute Gasteiger partial charge is 0.280 e. The Hall–Kier alpha value is -3.28. The van der Waals surface area contributed by atoms with Crippen molar-refractivity contribution in [2.24, 2.45) is 5.10 Å². The van der Waals surface area contributed by atoms with Crippen molar-refractivity contribution in [2.45, 2.75) is 13.5 Å². The highest BCUT2D eigenvalue weighted by atomic mass is 35.5. The maximum atomic E-state index is 13.1. The maximum Gasteiger partial charge on any atom is 0.280 e. The van der Waals surface area contributed by atoms with Gasteiger partial charge in [-0.15, -0.1) is 0 Å². The molecule has 0 saturated carbocycles. The highest BCUT2D eigenvalue weighted by Crippen LogP contribution is 2.31. The van der Waals surface area contributed by atoms with Gasteiger partial charge >= 0.3 is 0 Å². The number of methoxy groups -OCH3 is 1. The number of halogens is 2. The largest absolute Gasteiger partial charge is 0.497 e. The van der Waals surface area contributed by atoms with Gasteiger partial charge in [-0.25, -0.2) is 0 Å². The average Bonchev–Trinajstić information content (AvgIpc) is 3.08. The number of hydrazone groups is 1.